The van der Waals surface area contributed by atoms with Crippen LogP contribution in [-0.2, 0) is 9.47 Å². The number of rotatable bonds is 11. The van der Waals surface area contributed by atoms with Crippen LogP contribution in [0.2, 0.25) is 0 Å². The summed E-state index contributed by atoms with van der Waals surface area (Å²) in [6.45, 7) is 0.456. The average Bonchev–Trinajstić information content (AvgIpc) is 3.41. The number of epoxide rings is 1. The van der Waals surface area contributed by atoms with Crippen LogP contribution in [0.5, 0.6) is 0 Å². The summed E-state index contributed by atoms with van der Waals surface area (Å²) < 4.78 is -5.93. The van der Waals surface area contributed by atoms with Gasteiger partial charge in [-0.15, -0.1) is 34.8 Å². The van der Waals surface area contributed by atoms with Crippen molar-refractivity contribution in [1.82, 2.24) is 0 Å². The lowest BCUT2D eigenvalue weighted by Crippen LogP contribution is -2.69. The van der Waals surface area contributed by atoms with Gasteiger partial charge in [-0.1, -0.05) is 151 Å². The summed E-state index contributed by atoms with van der Waals surface area (Å²) in [4.78, 5) is -1.40. The van der Waals surface area contributed by atoms with Crippen LogP contribution in [-0.4, -0.2) is 61.1 Å². The van der Waals surface area contributed by atoms with E-state index in [-0.39, 0.29) is 12.7 Å². The van der Waals surface area contributed by atoms with Crippen molar-refractivity contribution in [1.29, 1.82) is 0 Å². The first-order valence-corrected chi connectivity index (χ1v) is 13.4. The third-order valence-electron chi connectivity index (χ3n) is 3.70. The maximum atomic E-state index is 6.33. The number of hydrogen-bond donors (Lipinski definition) is 0. The summed E-state index contributed by atoms with van der Waals surface area (Å²) in [5, 5.41) is -1.56. The molecule has 0 bridgehead atoms. The van der Waals surface area contributed by atoms with Gasteiger partial charge in [0.1, 0.15) is 10.9 Å². The third kappa shape index (κ3) is 5.99. The summed E-state index contributed by atoms with van der Waals surface area (Å²) in [6.07, 6.45) is -0.210. The highest BCUT2D eigenvalue weighted by Gasteiger charge is 2.78. The van der Waals surface area contributed by atoms with Gasteiger partial charge in [-0.25, -0.2) is 0 Å². The summed E-state index contributed by atoms with van der Waals surface area (Å²) in [5.74, 6) is 0. The second-order valence-electron chi connectivity index (χ2n) is 5.88. The number of halogens is 16. The molecule has 1 aliphatic rings. The van der Waals surface area contributed by atoms with E-state index in [9.17, 15) is 0 Å². The smallest absolute Gasteiger partial charge is 0.193 e. The minimum Gasteiger partial charge on any atom is -0.371 e. The molecule has 0 aromatic heterocycles. The van der Waals surface area contributed by atoms with Crippen LogP contribution in [0.25, 0.3) is 0 Å². The second-order valence-corrected chi connectivity index (χ2v) is 16.0. The van der Waals surface area contributed by atoms with E-state index in [4.69, 9.17) is 195 Å². The van der Waals surface area contributed by atoms with E-state index in [0.29, 0.717) is 6.61 Å². The first-order valence-electron chi connectivity index (χ1n) is 7.17. The fraction of sp³-hybridized carbons (Fsp3) is 1.00. The lowest BCUT2D eigenvalue weighted by molar-refractivity contribution is 0.0779. The molecule has 0 aromatic rings. The summed E-state index contributed by atoms with van der Waals surface area (Å²) in [6, 6.07) is 0. The molecule has 1 saturated heterocycles. The van der Waals surface area contributed by atoms with E-state index in [1.54, 1.807) is 0 Å². The van der Waals surface area contributed by atoms with Gasteiger partial charge in [0, 0.05) is 0 Å². The molecule has 0 aromatic carbocycles. The van der Waals surface area contributed by atoms with Crippen LogP contribution in [0.1, 0.15) is 0 Å². The predicted octanol–water partition coefficient (Wildman–Crippen LogP) is 9.42. The van der Waals surface area contributed by atoms with Gasteiger partial charge in [0.25, 0.3) is 0 Å². The summed E-state index contributed by atoms with van der Waals surface area (Å²) in [5.41, 5.74) is -1.60. The molecular weight excluding hydrogens is 743 g/mol. The predicted molar refractivity (Wildman–Crippen MR) is 137 cm³/mol. The molecule has 0 amide bonds. The molecule has 30 heavy (non-hydrogen) atoms. The van der Waals surface area contributed by atoms with Crippen LogP contribution in [0.4, 0.5) is 0 Å². The maximum absolute atomic E-state index is 6.33. The molecule has 3 unspecified atom stereocenters. The van der Waals surface area contributed by atoms with E-state index < -0.39 is 41.8 Å². The molecule has 180 valence electrons. The summed E-state index contributed by atoms with van der Waals surface area (Å²) in [7, 11) is 0. The van der Waals surface area contributed by atoms with E-state index in [0.717, 1.165) is 0 Å². The Bertz CT molecular complexity index is 601. The van der Waals surface area contributed by atoms with Gasteiger partial charge in [-0.3, -0.25) is 0 Å². The molecular formula is C12H8Cl16O2. The van der Waals surface area contributed by atoms with Crippen molar-refractivity contribution in [2.75, 3.05) is 13.2 Å². The lowest BCUT2D eigenvalue weighted by atomic mass is 10.0. The van der Waals surface area contributed by atoms with Crippen LogP contribution < -0.4 is 0 Å². The van der Waals surface area contributed by atoms with Crippen LogP contribution in [0, 0.1) is 0 Å². The molecule has 0 saturated carbocycles. The standard InChI is InChI=1S/C12H8Cl16O2/c13-4(5(14)15)7(17,18)9(21,22)11(25,26)12(27,28)10(23,24)8(19,20)6(16)30-2-3-1-29-3/h3-6H,1-2H2. The average molecular weight is 751 g/mol. The number of hydrogen-bond acceptors (Lipinski definition) is 2. The zero-order valence-electron chi connectivity index (χ0n) is 13.6. The molecule has 3 atom stereocenters. The van der Waals surface area contributed by atoms with Crippen molar-refractivity contribution in [2.24, 2.45) is 0 Å². The molecule has 18 heteroatoms. The van der Waals surface area contributed by atoms with E-state index in [1.165, 1.54) is 0 Å². The molecule has 0 aliphatic carbocycles. The second kappa shape index (κ2) is 11.1. The fourth-order valence-corrected chi connectivity index (χ4v) is 6.89. The van der Waals surface area contributed by atoms with E-state index >= 15 is 0 Å². The Hall–Kier alpha value is 4.56. The van der Waals surface area contributed by atoms with Crippen molar-refractivity contribution in [3.8, 4) is 0 Å². The van der Waals surface area contributed by atoms with Crippen molar-refractivity contribution in [2.45, 2.75) is 47.9 Å². The minimum atomic E-state index is -2.86. The van der Waals surface area contributed by atoms with Crippen molar-refractivity contribution < 1.29 is 9.47 Å². The minimum absolute atomic E-state index is 0.00581. The molecule has 0 N–H and O–H groups in total. The Morgan fingerprint density at radius 1 is 0.667 bits per heavy atom. The molecule has 1 aliphatic heterocycles. The fourth-order valence-electron chi connectivity index (χ4n) is 1.75. The van der Waals surface area contributed by atoms with Gasteiger partial charge in [0.15, 0.2) is 31.6 Å². The molecule has 1 heterocycles. The molecule has 2 nitrogen and oxygen atoms in total. The normalized spacial score (nSPS) is 21.7. The highest BCUT2D eigenvalue weighted by molar-refractivity contribution is 6.79. The topological polar surface area (TPSA) is 21.8 Å². The van der Waals surface area contributed by atoms with Crippen molar-refractivity contribution in [3.63, 3.8) is 0 Å². The first kappa shape index (κ1) is 32.6. The third-order valence-corrected chi connectivity index (χ3v) is 14.5. The van der Waals surface area contributed by atoms with Gasteiger partial charge >= 0.3 is 0 Å². The van der Waals surface area contributed by atoms with E-state index in [2.05, 4.69) is 0 Å². The largest absolute Gasteiger partial charge is 0.371 e. The van der Waals surface area contributed by atoms with Crippen LogP contribution in [0.3, 0.4) is 0 Å². The van der Waals surface area contributed by atoms with Crippen LogP contribution >= 0.6 is 186 Å². The Morgan fingerprint density at radius 3 is 1.37 bits per heavy atom. The Balaban J connectivity index is 3.35. The Kier molecular flexibility index (Phi) is 12.1. The highest BCUT2D eigenvalue weighted by atomic mass is 35.6. The van der Waals surface area contributed by atoms with Gasteiger partial charge in [-0.05, 0) is 0 Å². The van der Waals surface area contributed by atoms with Gasteiger partial charge < -0.3 is 9.47 Å². The SMILES string of the molecule is ClC(Cl)C(Cl)C(Cl)(Cl)C(Cl)(Cl)C(Cl)(Cl)C(Cl)(Cl)C(Cl)(Cl)C(Cl)(Cl)C(Cl)OCC1CO1. The Labute approximate surface area is 253 Å². The monoisotopic (exact) mass is 744 g/mol. The van der Waals surface area contributed by atoms with E-state index in [1.807, 2.05) is 0 Å². The molecule has 1 rings (SSSR count). The lowest BCUT2D eigenvalue weighted by Gasteiger charge is -2.53. The van der Waals surface area contributed by atoms with Crippen molar-refractivity contribution >= 4 is 186 Å². The maximum Gasteiger partial charge on any atom is 0.193 e. The quantitative estimate of drug-likeness (QED) is 0.155. The molecule has 1 fully saturated rings. The molecule has 0 spiro atoms. The first-order chi connectivity index (χ1) is 13.1. The van der Waals surface area contributed by atoms with Crippen LogP contribution in [0.15, 0.2) is 0 Å². The summed E-state index contributed by atoms with van der Waals surface area (Å²) >= 11 is 98.8. The van der Waals surface area contributed by atoms with Gasteiger partial charge in [0.05, 0.1) is 18.6 Å². The van der Waals surface area contributed by atoms with Gasteiger partial charge in [-0.2, -0.15) is 0 Å². The van der Waals surface area contributed by atoms with Gasteiger partial charge in [0.2, 0.25) is 0 Å². The van der Waals surface area contributed by atoms with Crippen molar-refractivity contribution in [3.05, 3.63) is 0 Å². The number of ether oxygens (including phenoxy) is 2. The zero-order valence-corrected chi connectivity index (χ0v) is 25.7. The highest BCUT2D eigenvalue weighted by Crippen LogP contribution is 2.70. The number of alkyl halides is 16. The molecule has 0 radical (unpaired) electrons. The Morgan fingerprint density at radius 2 is 1.03 bits per heavy atom. The zero-order chi connectivity index (χ0) is 24.1.